The molecule has 14 nitrogen and oxygen atoms in total. The number of fused-ring (bicyclic) bond motifs is 1. The number of aliphatic carboxylic acids is 1. The molecule has 2 aromatic heterocycles. The van der Waals surface area contributed by atoms with Crippen molar-refractivity contribution in [3.63, 3.8) is 0 Å². The monoisotopic (exact) mass is 436 g/mol. The Morgan fingerprint density at radius 1 is 1.36 bits per heavy atom. The van der Waals surface area contributed by atoms with Gasteiger partial charge in [-0.3, -0.25) is 13.9 Å². The van der Waals surface area contributed by atoms with E-state index in [4.69, 9.17) is 9.63 Å². The van der Waals surface area contributed by atoms with E-state index in [2.05, 4.69) is 19.5 Å². The number of hydrogen-bond acceptors (Lipinski definition) is 11. The molecule has 2 aromatic rings. The van der Waals surface area contributed by atoms with E-state index in [-0.39, 0.29) is 70.3 Å². The number of nitrogens with one attached hydrogen (secondary N) is 1. The number of imidazole rings is 1. The van der Waals surface area contributed by atoms with Gasteiger partial charge in [0, 0.05) is 0 Å². The van der Waals surface area contributed by atoms with E-state index < -0.39 is 50.0 Å². The first-order valence-electron chi connectivity index (χ1n) is 6.95. The Bertz CT molecular complexity index is 947. The van der Waals surface area contributed by atoms with Gasteiger partial charge in [0.2, 0.25) is 0 Å². The first-order chi connectivity index (χ1) is 12.1. The molecule has 0 amide bonds. The number of nitrogens with zero attached hydrogens (tertiary/aromatic N) is 3. The Morgan fingerprint density at radius 3 is 2.57 bits per heavy atom. The van der Waals surface area contributed by atoms with E-state index in [1.807, 2.05) is 0 Å². The van der Waals surface area contributed by atoms with E-state index in [1.165, 1.54) is 0 Å². The van der Waals surface area contributed by atoms with Gasteiger partial charge in [0.1, 0.15) is 24.4 Å². The first kappa shape index (κ1) is 25.8. The minimum atomic E-state index is -5.52. The number of phosphoric ester groups is 1. The second-order valence-electron chi connectivity index (χ2n) is 5.34. The zero-order valence-corrected chi connectivity index (χ0v) is 19.4. The van der Waals surface area contributed by atoms with Crippen LogP contribution < -0.4 is 74.7 Å². The predicted molar refractivity (Wildman–Crippen MR) is 73.8 cm³/mol. The number of phosphoric acid groups is 1. The average Bonchev–Trinajstić information content (AvgIpc) is 3.08. The summed E-state index contributed by atoms with van der Waals surface area (Å²) < 4.78 is 21.0. The number of aromatic amines is 1. The maximum atomic E-state index is 11.6. The van der Waals surface area contributed by atoms with Crippen molar-refractivity contribution in [2.24, 2.45) is 0 Å². The molecule has 0 radical (unpaired) electrons. The number of carbonyl (C=O) groups is 1. The van der Waals surface area contributed by atoms with Gasteiger partial charge in [0.05, 0.1) is 18.6 Å². The summed E-state index contributed by atoms with van der Waals surface area (Å²) in [6.45, 7) is 0. The third kappa shape index (κ3) is 5.10. The zero-order chi connectivity index (χ0) is 19.2. The van der Waals surface area contributed by atoms with Gasteiger partial charge >= 0.3 is 59.1 Å². The van der Waals surface area contributed by atoms with E-state index in [1.54, 1.807) is 0 Å². The topological polar surface area (TPSA) is 223 Å². The standard InChI is InChI=1S/C11H13N4O10P.2Na/c16-4-5(17)10(15-2-14-3-8(15)12-1-13-9(3)18)24-6(4)7(11(19)20)25-26(21,22)23;;/h1-2,4-7,10,16-17H,(H,19,20)(H,12,13,18)(H2,21,22,23);;/q;2*+1/p-2/t4-,5+,6-,7?,10+;;/m0../s1. The van der Waals surface area contributed by atoms with Crippen molar-refractivity contribution in [3.05, 3.63) is 23.0 Å². The normalized spacial score (nSPS) is 27.4. The Morgan fingerprint density at radius 2 is 2.00 bits per heavy atom. The third-order valence-electron chi connectivity index (χ3n) is 3.69. The van der Waals surface area contributed by atoms with Crippen molar-refractivity contribution in [2.45, 2.75) is 30.6 Å². The summed E-state index contributed by atoms with van der Waals surface area (Å²) in [6, 6.07) is 0. The Balaban J connectivity index is 0.00000196. The van der Waals surface area contributed by atoms with Crippen LogP contribution in [0.2, 0.25) is 0 Å². The fourth-order valence-corrected chi connectivity index (χ4v) is 3.09. The second-order valence-corrected chi connectivity index (χ2v) is 6.49. The molecule has 4 N–H and O–H groups in total. The van der Waals surface area contributed by atoms with Gasteiger partial charge in [-0.1, -0.05) is 0 Å². The number of rotatable bonds is 5. The van der Waals surface area contributed by atoms with Gasteiger partial charge in [-0.2, -0.15) is 0 Å². The summed E-state index contributed by atoms with van der Waals surface area (Å²) >= 11 is 0. The third-order valence-corrected chi connectivity index (χ3v) is 4.19. The summed E-state index contributed by atoms with van der Waals surface area (Å²) in [5.74, 6) is -2.11. The van der Waals surface area contributed by atoms with Gasteiger partial charge < -0.3 is 44.1 Å². The number of H-pyrrole nitrogens is 1. The van der Waals surface area contributed by atoms with Crippen LogP contribution in [0.5, 0.6) is 0 Å². The number of aliphatic hydroxyl groups is 2. The Hall–Kier alpha value is -0.190. The molecule has 3 heterocycles. The Kier molecular flexibility index (Phi) is 9.00. The molecular weight excluding hydrogens is 425 g/mol. The van der Waals surface area contributed by atoms with Crippen LogP contribution in [0.4, 0.5) is 0 Å². The van der Waals surface area contributed by atoms with Crippen molar-refractivity contribution in [1.29, 1.82) is 0 Å². The molecule has 1 aliphatic heterocycles. The number of carboxylic acid groups (broad SMARTS) is 1. The molecule has 2 unspecified atom stereocenters. The van der Waals surface area contributed by atoms with Gasteiger partial charge in [0.15, 0.2) is 17.4 Å². The number of ether oxygens (including phenoxy) is 1. The quantitative estimate of drug-likeness (QED) is 0.253. The van der Waals surface area contributed by atoms with Gasteiger partial charge in [-0.05, 0) is 0 Å². The molecule has 0 bridgehead atoms. The number of aromatic nitrogens is 4. The number of hydrogen-bond donors (Lipinski definition) is 4. The molecule has 28 heavy (non-hydrogen) atoms. The van der Waals surface area contributed by atoms with E-state index in [0.29, 0.717) is 0 Å². The largest absolute Gasteiger partial charge is 1.00 e. The van der Waals surface area contributed by atoms with Crippen molar-refractivity contribution < 1.29 is 103 Å². The van der Waals surface area contributed by atoms with Gasteiger partial charge in [0.25, 0.3) is 13.4 Å². The number of carbonyl (C=O) groups excluding carboxylic acids is 1. The van der Waals surface area contributed by atoms with E-state index in [9.17, 15) is 34.4 Å². The summed E-state index contributed by atoms with van der Waals surface area (Å²) in [5, 5.41) is 31.3. The summed E-state index contributed by atoms with van der Waals surface area (Å²) in [7, 11) is -5.52. The molecular formula is C11H11N4Na2O10P. The van der Waals surface area contributed by atoms with Crippen molar-refractivity contribution in [3.8, 4) is 0 Å². The van der Waals surface area contributed by atoms with Crippen molar-refractivity contribution >= 4 is 25.0 Å². The van der Waals surface area contributed by atoms with Crippen molar-refractivity contribution in [2.75, 3.05) is 0 Å². The van der Waals surface area contributed by atoms with Crippen LogP contribution in [0.25, 0.3) is 11.2 Å². The smallest absolute Gasteiger partial charge is 0.756 e. The van der Waals surface area contributed by atoms with Crippen LogP contribution >= 0.6 is 7.82 Å². The summed E-state index contributed by atoms with van der Waals surface area (Å²) in [5.41, 5.74) is -0.761. The van der Waals surface area contributed by atoms with Gasteiger partial charge in [-0.25, -0.2) is 9.97 Å². The Labute approximate surface area is 199 Å². The maximum Gasteiger partial charge on any atom is 1.00 e. The molecule has 3 rings (SSSR count). The van der Waals surface area contributed by atoms with E-state index >= 15 is 0 Å². The molecule has 1 saturated heterocycles. The molecule has 0 spiro atoms. The summed E-state index contributed by atoms with van der Waals surface area (Å²) in [4.78, 5) is 52.2. The minimum absolute atomic E-state index is 0. The van der Waals surface area contributed by atoms with Gasteiger partial charge in [-0.15, -0.1) is 0 Å². The number of carboxylic acids is 1. The molecule has 0 saturated carbocycles. The minimum Gasteiger partial charge on any atom is -0.756 e. The van der Waals surface area contributed by atoms with Crippen LogP contribution in [-0.4, -0.2) is 65.0 Å². The molecule has 1 aliphatic rings. The van der Waals surface area contributed by atoms with Crippen LogP contribution in [0.15, 0.2) is 17.4 Å². The summed E-state index contributed by atoms with van der Waals surface area (Å²) in [6.07, 6.45) is -7.45. The molecule has 0 aromatic carbocycles. The molecule has 0 aliphatic carbocycles. The second kappa shape index (κ2) is 9.75. The molecule has 17 heteroatoms. The predicted octanol–water partition coefficient (Wildman–Crippen LogP) is -10.7. The van der Waals surface area contributed by atoms with Crippen LogP contribution in [0.3, 0.4) is 0 Å². The SMILES string of the molecule is O=C([O-])C(OP(=O)([O-])O)[C@H]1O[C@@H](n2cnc3c(=O)[nH]cnc32)[C@H](O)[C@@H]1O.[Na+].[Na+]. The van der Waals surface area contributed by atoms with Crippen LogP contribution in [-0.2, 0) is 18.6 Å². The zero-order valence-electron chi connectivity index (χ0n) is 14.5. The van der Waals surface area contributed by atoms with Crippen LogP contribution in [0, 0.1) is 0 Å². The fourth-order valence-electron chi connectivity index (χ4n) is 2.60. The fraction of sp³-hybridized carbons (Fsp3) is 0.455. The average molecular weight is 436 g/mol. The number of aliphatic hydroxyl groups excluding tert-OH is 2. The van der Waals surface area contributed by atoms with Crippen molar-refractivity contribution in [1.82, 2.24) is 19.5 Å². The first-order valence-corrected chi connectivity index (χ1v) is 8.44. The molecule has 1 fully saturated rings. The maximum absolute atomic E-state index is 11.6. The van der Waals surface area contributed by atoms with E-state index in [0.717, 1.165) is 17.2 Å². The molecule has 6 atom stereocenters. The van der Waals surface area contributed by atoms with Crippen LogP contribution in [0.1, 0.15) is 6.23 Å². The molecule has 142 valence electrons.